The minimum absolute atomic E-state index is 0.0437. The van der Waals surface area contributed by atoms with Crippen LogP contribution in [0.1, 0.15) is 25.3 Å². The van der Waals surface area contributed by atoms with Crippen LogP contribution in [0.15, 0.2) is 12.1 Å². The number of benzene rings is 1. The molecule has 0 saturated heterocycles. The largest absolute Gasteiger partial charge is 0.392 e. The molecule has 1 aliphatic carbocycles. The second-order valence-electron chi connectivity index (χ2n) is 4.08. The molecule has 2 nitrogen and oxygen atoms in total. The molecule has 1 saturated carbocycles. The van der Waals surface area contributed by atoms with E-state index in [0.29, 0.717) is 6.54 Å². The summed E-state index contributed by atoms with van der Waals surface area (Å²) in [5.41, 5.74) is 0.313. The Morgan fingerprint density at radius 3 is 2.25 bits per heavy atom. The molecule has 2 rings (SSSR count). The molecule has 88 valence electrons. The lowest BCUT2D eigenvalue weighted by Crippen LogP contribution is -2.27. The van der Waals surface area contributed by atoms with Crippen molar-refractivity contribution in [2.24, 2.45) is 0 Å². The van der Waals surface area contributed by atoms with Crippen molar-refractivity contribution in [2.45, 2.75) is 32.4 Å². The summed E-state index contributed by atoms with van der Waals surface area (Å²) in [6.45, 7) is 2.14. The molecule has 0 bridgehead atoms. The lowest BCUT2D eigenvalue weighted by atomic mass is 10.1. The maximum Gasteiger partial charge on any atom is 0.149 e. The zero-order chi connectivity index (χ0) is 11.7. The third kappa shape index (κ3) is 2.02. The van der Waals surface area contributed by atoms with Crippen LogP contribution in [0.5, 0.6) is 0 Å². The van der Waals surface area contributed by atoms with Gasteiger partial charge < -0.3 is 10.0 Å². The number of anilines is 1. The van der Waals surface area contributed by atoms with Crippen LogP contribution in [0.4, 0.5) is 14.5 Å². The number of halogens is 2. The zero-order valence-electron chi connectivity index (χ0n) is 9.21. The van der Waals surface area contributed by atoms with Gasteiger partial charge in [-0.1, -0.05) is 0 Å². The van der Waals surface area contributed by atoms with Crippen LogP contribution in [0.2, 0.25) is 0 Å². The molecule has 0 radical (unpaired) electrons. The van der Waals surface area contributed by atoms with Gasteiger partial charge in [-0.3, -0.25) is 0 Å². The van der Waals surface area contributed by atoms with Gasteiger partial charge in [-0.15, -0.1) is 0 Å². The molecule has 0 aromatic heterocycles. The van der Waals surface area contributed by atoms with E-state index >= 15 is 0 Å². The number of hydrogen-bond donors (Lipinski definition) is 1. The van der Waals surface area contributed by atoms with Gasteiger partial charge in [0.2, 0.25) is 0 Å². The van der Waals surface area contributed by atoms with Gasteiger partial charge >= 0.3 is 0 Å². The summed E-state index contributed by atoms with van der Waals surface area (Å²) in [5, 5.41) is 8.85. The van der Waals surface area contributed by atoms with Crippen molar-refractivity contribution in [2.75, 3.05) is 11.4 Å². The van der Waals surface area contributed by atoms with E-state index in [4.69, 9.17) is 5.11 Å². The second kappa shape index (κ2) is 4.37. The SMILES string of the molecule is CCN(c1c(F)cc(CO)cc1F)C1CC1. The van der Waals surface area contributed by atoms with Crippen molar-refractivity contribution in [3.8, 4) is 0 Å². The zero-order valence-corrected chi connectivity index (χ0v) is 9.21. The Bertz CT molecular complexity index is 368. The van der Waals surface area contributed by atoms with E-state index in [1.54, 1.807) is 4.90 Å². The van der Waals surface area contributed by atoms with Crippen LogP contribution in [0, 0.1) is 11.6 Å². The monoisotopic (exact) mass is 227 g/mol. The summed E-state index contributed by atoms with van der Waals surface area (Å²) in [6, 6.07) is 2.67. The Morgan fingerprint density at radius 2 is 1.88 bits per heavy atom. The summed E-state index contributed by atoms with van der Waals surface area (Å²) in [4.78, 5) is 1.76. The number of hydrogen-bond acceptors (Lipinski definition) is 2. The molecule has 0 spiro atoms. The molecule has 0 amide bonds. The molecule has 1 aromatic rings. The van der Waals surface area contributed by atoms with Crippen LogP contribution in [0.3, 0.4) is 0 Å². The van der Waals surface area contributed by atoms with E-state index in [-0.39, 0.29) is 23.9 Å². The summed E-state index contributed by atoms with van der Waals surface area (Å²) < 4.78 is 27.5. The van der Waals surface area contributed by atoms with Gasteiger partial charge in [-0.2, -0.15) is 0 Å². The van der Waals surface area contributed by atoms with E-state index in [1.807, 2.05) is 6.92 Å². The maximum absolute atomic E-state index is 13.7. The summed E-state index contributed by atoms with van der Waals surface area (Å²) >= 11 is 0. The number of rotatable bonds is 4. The Hall–Kier alpha value is -1.16. The first kappa shape index (κ1) is 11.3. The predicted molar refractivity (Wildman–Crippen MR) is 58.3 cm³/mol. The Kier molecular flexibility index (Phi) is 3.10. The molecule has 1 fully saturated rings. The minimum Gasteiger partial charge on any atom is -0.392 e. The van der Waals surface area contributed by atoms with E-state index < -0.39 is 11.6 Å². The van der Waals surface area contributed by atoms with E-state index in [0.717, 1.165) is 12.8 Å². The van der Waals surface area contributed by atoms with Crippen LogP contribution in [-0.4, -0.2) is 17.7 Å². The van der Waals surface area contributed by atoms with Crippen LogP contribution in [0.25, 0.3) is 0 Å². The predicted octanol–water partition coefficient (Wildman–Crippen LogP) is 2.45. The number of aliphatic hydroxyl groups excluding tert-OH is 1. The fraction of sp³-hybridized carbons (Fsp3) is 0.500. The fourth-order valence-electron chi connectivity index (χ4n) is 1.97. The average Bonchev–Trinajstić information content (AvgIpc) is 3.06. The average molecular weight is 227 g/mol. The van der Waals surface area contributed by atoms with Crippen molar-refractivity contribution in [1.29, 1.82) is 0 Å². The quantitative estimate of drug-likeness (QED) is 0.854. The van der Waals surface area contributed by atoms with Crippen molar-refractivity contribution < 1.29 is 13.9 Å². The van der Waals surface area contributed by atoms with Gasteiger partial charge in [0.25, 0.3) is 0 Å². The molecule has 0 atom stereocenters. The third-order valence-corrected chi connectivity index (χ3v) is 2.87. The molecule has 16 heavy (non-hydrogen) atoms. The normalized spacial score (nSPS) is 15.2. The standard InChI is InChI=1S/C12H15F2NO/c1-2-15(9-3-4-9)12-10(13)5-8(7-16)6-11(12)14/h5-6,9,16H,2-4,7H2,1H3. The van der Waals surface area contributed by atoms with E-state index in [2.05, 4.69) is 0 Å². The summed E-state index contributed by atoms with van der Waals surface area (Å²) in [6.07, 6.45) is 1.99. The van der Waals surface area contributed by atoms with Gasteiger partial charge in [0.15, 0.2) is 0 Å². The molecule has 0 heterocycles. The molecular formula is C12H15F2NO. The molecule has 4 heteroatoms. The lowest BCUT2D eigenvalue weighted by Gasteiger charge is -2.24. The highest BCUT2D eigenvalue weighted by Gasteiger charge is 2.31. The lowest BCUT2D eigenvalue weighted by molar-refractivity contribution is 0.280. The van der Waals surface area contributed by atoms with Gasteiger partial charge in [0.1, 0.15) is 17.3 Å². The highest BCUT2D eigenvalue weighted by atomic mass is 19.1. The van der Waals surface area contributed by atoms with Gasteiger partial charge in [0, 0.05) is 12.6 Å². The summed E-state index contributed by atoms with van der Waals surface area (Å²) in [7, 11) is 0. The number of nitrogens with zero attached hydrogens (tertiary/aromatic N) is 1. The first-order chi connectivity index (χ1) is 7.67. The van der Waals surface area contributed by atoms with Crippen LogP contribution >= 0.6 is 0 Å². The fourth-order valence-corrected chi connectivity index (χ4v) is 1.97. The van der Waals surface area contributed by atoms with Gasteiger partial charge in [-0.05, 0) is 37.5 Å². The highest BCUT2D eigenvalue weighted by molar-refractivity contribution is 5.52. The van der Waals surface area contributed by atoms with Crippen molar-refractivity contribution >= 4 is 5.69 Å². The van der Waals surface area contributed by atoms with Crippen LogP contribution in [-0.2, 0) is 6.61 Å². The molecular weight excluding hydrogens is 212 g/mol. The third-order valence-electron chi connectivity index (χ3n) is 2.87. The Balaban J connectivity index is 2.38. The molecule has 1 N–H and O–H groups in total. The van der Waals surface area contributed by atoms with Crippen LogP contribution < -0.4 is 4.90 Å². The minimum atomic E-state index is -0.585. The molecule has 1 aromatic carbocycles. The number of aliphatic hydroxyl groups is 1. The first-order valence-electron chi connectivity index (χ1n) is 5.52. The highest BCUT2D eigenvalue weighted by Crippen LogP contribution is 2.34. The van der Waals surface area contributed by atoms with Crippen molar-refractivity contribution in [3.05, 3.63) is 29.3 Å². The topological polar surface area (TPSA) is 23.5 Å². The maximum atomic E-state index is 13.7. The molecule has 1 aliphatic rings. The van der Waals surface area contributed by atoms with E-state index in [9.17, 15) is 8.78 Å². The first-order valence-corrected chi connectivity index (χ1v) is 5.52. The molecule has 0 aliphatic heterocycles. The molecule has 0 unspecified atom stereocenters. The van der Waals surface area contributed by atoms with Gasteiger partial charge in [0.05, 0.1) is 6.61 Å². The van der Waals surface area contributed by atoms with Gasteiger partial charge in [-0.25, -0.2) is 8.78 Å². The Labute approximate surface area is 93.5 Å². The van der Waals surface area contributed by atoms with Crippen molar-refractivity contribution in [3.63, 3.8) is 0 Å². The Morgan fingerprint density at radius 1 is 1.31 bits per heavy atom. The summed E-state index contributed by atoms with van der Waals surface area (Å²) in [5.74, 6) is -1.17. The van der Waals surface area contributed by atoms with Crippen molar-refractivity contribution in [1.82, 2.24) is 0 Å². The smallest absolute Gasteiger partial charge is 0.149 e. The second-order valence-corrected chi connectivity index (χ2v) is 4.08. The van der Waals surface area contributed by atoms with E-state index in [1.165, 1.54) is 12.1 Å².